The van der Waals surface area contributed by atoms with Crippen LogP contribution < -0.4 is 0 Å². The first kappa shape index (κ1) is 29.4. The molecule has 4 nitrogen and oxygen atoms in total. The van der Waals surface area contributed by atoms with E-state index in [-0.39, 0.29) is 0 Å². The highest BCUT2D eigenvalue weighted by Gasteiger charge is 2.22. The zero-order valence-corrected chi connectivity index (χ0v) is 28.6. The Bertz CT molecular complexity index is 3240. The van der Waals surface area contributed by atoms with E-state index >= 15 is 0 Å². The van der Waals surface area contributed by atoms with Crippen LogP contribution in [0.3, 0.4) is 0 Å². The van der Waals surface area contributed by atoms with Gasteiger partial charge in [0.2, 0.25) is 0 Å². The van der Waals surface area contributed by atoms with Crippen LogP contribution in [-0.4, -0.2) is 13.7 Å². The molecule has 0 N–H and O–H groups in total. The topological polar surface area (TPSA) is 38.6 Å². The Morgan fingerprint density at radius 1 is 0.377 bits per heavy atom. The van der Waals surface area contributed by atoms with E-state index in [1.807, 2.05) is 12.1 Å². The van der Waals surface area contributed by atoms with E-state index in [4.69, 9.17) is 0 Å². The number of benzene rings is 8. The minimum absolute atomic E-state index is 0.632. The summed E-state index contributed by atoms with van der Waals surface area (Å²) >= 11 is 0. The fourth-order valence-corrected chi connectivity index (χ4v) is 8.72. The Balaban J connectivity index is 1.20. The molecule has 3 heterocycles. The fourth-order valence-electron chi connectivity index (χ4n) is 8.72. The molecule has 0 aliphatic carbocycles. The van der Waals surface area contributed by atoms with Gasteiger partial charge in [-0.05, 0) is 66.2 Å². The summed E-state index contributed by atoms with van der Waals surface area (Å²) in [4.78, 5) is 0. The first-order valence-electron chi connectivity index (χ1n) is 17.9. The molecule has 0 radical (unpaired) electrons. The number of hydrogen-bond acceptors (Lipinski definition) is 1. The summed E-state index contributed by atoms with van der Waals surface area (Å²) in [7, 11) is 0. The van der Waals surface area contributed by atoms with E-state index < -0.39 is 0 Å². The van der Waals surface area contributed by atoms with Gasteiger partial charge in [0, 0.05) is 49.3 Å². The van der Waals surface area contributed by atoms with Gasteiger partial charge >= 0.3 is 0 Å². The van der Waals surface area contributed by atoms with Gasteiger partial charge in [-0.1, -0.05) is 121 Å². The summed E-state index contributed by atoms with van der Waals surface area (Å²) in [5.74, 6) is 0. The van der Waals surface area contributed by atoms with E-state index in [0.29, 0.717) is 5.56 Å². The maximum absolute atomic E-state index is 10.5. The zero-order valence-electron chi connectivity index (χ0n) is 28.6. The molecule has 0 saturated heterocycles. The molecular formula is C49H30N4. The first-order valence-corrected chi connectivity index (χ1v) is 17.9. The Labute approximate surface area is 305 Å². The summed E-state index contributed by atoms with van der Waals surface area (Å²) in [5.41, 5.74) is 12.6. The smallest absolute Gasteiger partial charge is 0.101 e. The molecule has 4 heteroatoms. The van der Waals surface area contributed by atoms with Crippen molar-refractivity contribution < 1.29 is 0 Å². The molecular weight excluding hydrogens is 645 g/mol. The average molecular weight is 675 g/mol. The summed E-state index contributed by atoms with van der Waals surface area (Å²) in [6.07, 6.45) is 0. The molecule has 0 amide bonds. The van der Waals surface area contributed by atoms with Crippen molar-refractivity contribution >= 4 is 65.4 Å². The maximum Gasteiger partial charge on any atom is 0.101 e. The van der Waals surface area contributed by atoms with Gasteiger partial charge in [0.1, 0.15) is 6.07 Å². The molecule has 11 rings (SSSR count). The van der Waals surface area contributed by atoms with Gasteiger partial charge in [0.15, 0.2) is 0 Å². The molecule has 0 saturated carbocycles. The minimum Gasteiger partial charge on any atom is -0.309 e. The highest BCUT2D eigenvalue weighted by atomic mass is 15.0. The normalized spacial score (nSPS) is 11.8. The number of hydrogen-bond donors (Lipinski definition) is 0. The van der Waals surface area contributed by atoms with Crippen molar-refractivity contribution in [1.82, 2.24) is 13.7 Å². The van der Waals surface area contributed by atoms with Crippen LogP contribution in [-0.2, 0) is 0 Å². The van der Waals surface area contributed by atoms with Crippen LogP contribution in [0.15, 0.2) is 182 Å². The lowest BCUT2D eigenvalue weighted by molar-refractivity contribution is 1.16. The van der Waals surface area contributed by atoms with Crippen molar-refractivity contribution in [3.05, 3.63) is 188 Å². The SMILES string of the molecule is N#Cc1cccc(-c2cccc(-n3c4ccccc4c4c3ccc3c5ccccc5n(-c5ccccc5)c34)c2)c1-n1c2ccccc2c2ccccc21. The van der Waals surface area contributed by atoms with Gasteiger partial charge < -0.3 is 13.7 Å². The number of para-hydroxylation sites is 6. The lowest BCUT2D eigenvalue weighted by atomic mass is 9.99. The molecule has 0 aliphatic heterocycles. The quantitative estimate of drug-likeness (QED) is 0.183. The minimum atomic E-state index is 0.632. The van der Waals surface area contributed by atoms with Crippen molar-refractivity contribution in [2.75, 3.05) is 0 Å². The third kappa shape index (κ3) is 4.16. The number of rotatable bonds is 4. The third-order valence-electron chi connectivity index (χ3n) is 10.9. The molecule has 0 aliphatic rings. The van der Waals surface area contributed by atoms with Crippen LogP contribution in [0.2, 0.25) is 0 Å². The van der Waals surface area contributed by atoms with Gasteiger partial charge in [-0.2, -0.15) is 5.26 Å². The standard InChI is InChI=1S/C49H30N4/c50-31-33-15-13-23-36(48(33)53-43-25-9-4-19-37(43)38-20-5-10-26-44(38)53)32-14-12-18-35(30-32)51-45-27-11-7-22-41(45)47-46(51)29-28-40-39-21-6-8-24-42(39)52(49(40)47)34-16-2-1-3-17-34/h1-30H. The summed E-state index contributed by atoms with van der Waals surface area (Å²) in [6.45, 7) is 0. The van der Waals surface area contributed by atoms with Crippen molar-refractivity contribution in [1.29, 1.82) is 5.26 Å². The number of fused-ring (bicyclic) bond motifs is 10. The lowest BCUT2D eigenvalue weighted by Crippen LogP contribution is -2.01. The lowest BCUT2D eigenvalue weighted by Gasteiger charge is -2.17. The molecule has 0 unspecified atom stereocenters. The maximum atomic E-state index is 10.5. The van der Waals surface area contributed by atoms with Crippen LogP contribution in [0.5, 0.6) is 0 Å². The van der Waals surface area contributed by atoms with Crippen molar-refractivity contribution in [3.8, 4) is 34.3 Å². The molecule has 0 fully saturated rings. The predicted molar refractivity (Wildman–Crippen MR) is 220 cm³/mol. The second-order valence-corrected chi connectivity index (χ2v) is 13.6. The van der Waals surface area contributed by atoms with Crippen LogP contribution in [0, 0.1) is 11.3 Å². The summed E-state index contributed by atoms with van der Waals surface area (Å²) < 4.78 is 7.09. The molecule has 53 heavy (non-hydrogen) atoms. The highest BCUT2D eigenvalue weighted by molar-refractivity contribution is 6.26. The van der Waals surface area contributed by atoms with Gasteiger partial charge in [-0.3, -0.25) is 0 Å². The molecule has 0 bridgehead atoms. The Morgan fingerprint density at radius 2 is 0.925 bits per heavy atom. The molecule has 0 spiro atoms. The number of nitriles is 1. The molecule has 3 aromatic heterocycles. The molecule has 246 valence electrons. The Hall–Kier alpha value is -7.35. The summed E-state index contributed by atoms with van der Waals surface area (Å²) in [6, 6.07) is 67.0. The molecule has 11 aromatic rings. The first-order chi connectivity index (χ1) is 26.3. The summed E-state index contributed by atoms with van der Waals surface area (Å²) in [5, 5.41) is 17.8. The van der Waals surface area contributed by atoms with Gasteiger partial charge in [0.05, 0.1) is 44.4 Å². The second-order valence-electron chi connectivity index (χ2n) is 13.6. The average Bonchev–Trinajstić information content (AvgIpc) is 3.86. The van der Waals surface area contributed by atoms with Crippen LogP contribution in [0.1, 0.15) is 5.56 Å². The third-order valence-corrected chi connectivity index (χ3v) is 10.9. The zero-order chi connectivity index (χ0) is 35.0. The van der Waals surface area contributed by atoms with Crippen LogP contribution >= 0.6 is 0 Å². The van der Waals surface area contributed by atoms with E-state index in [2.05, 4.69) is 190 Å². The second kappa shape index (κ2) is 11.3. The van der Waals surface area contributed by atoms with E-state index in [1.54, 1.807) is 0 Å². The monoisotopic (exact) mass is 674 g/mol. The van der Waals surface area contributed by atoms with Crippen LogP contribution in [0.25, 0.3) is 93.6 Å². The Kier molecular flexibility index (Phi) is 6.28. The number of aromatic nitrogens is 3. The fraction of sp³-hybridized carbons (Fsp3) is 0. The molecule has 0 atom stereocenters. The van der Waals surface area contributed by atoms with Gasteiger partial charge in [0.25, 0.3) is 0 Å². The van der Waals surface area contributed by atoms with Crippen molar-refractivity contribution in [2.45, 2.75) is 0 Å². The van der Waals surface area contributed by atoms with Gasteiger partial charge in [-0.25, -0.2) is 0 Å². The van der Waals surface area contributed by atoms with E-state index in [0.717, 1.165) is 50.3 Å². The molecule has 8 aromatic carbocycles. The Morgan fingerprint density at radius 3 is 1.60 bits per heavy atom. The largest absolute Gasteiger partial charge is 0.309 e. The van der Waals surface area contributed by atoms with E-state index in [1.165, 1.54) is 43.4 Å². The van der Waals surface area contributed by atoms with Crippen molar-refractivity contribution in [2.24, 2.45) is 0 Å². The van der Waals surface area contributed by atoms with Crippen LogP contribution in [0.4, 0.5) is 0 Å². The number of nitrogens with zero attached hydrogens (tertiary/aromatic N) is 4. The van der Waals surface area contributed by atoms with Gasteiger partial charge in [-0.15, -0.1) is 0 Å². The highest BCUT2D eigenvalue weighted by Crippen LogP contribution is 2.43. The van der Waals surface area contributed by atoms with Crippen molar-refractivity contribution in [3.63, 3.8) is 0 Å². The van der Waals surface area contributed by atoms with E-state index in [9.17, 15) is 5.26 Å². The predicted octanol–water partition coefficient (Wildman–Crippen LogP) is 12.5.